The van der Waals surface area contributed by atoms with Gasteiger partial charge in [-0.05, 0) is 48.9 Å². The summed E-state index contributed by atoms with van der Waals surface area (Å²) in [5, 5.41) is 8.18. The average Bonchev–Trinajstić information content (AvgIpc) is 3.22. The quantitative estimate of drug-likeness (QED) is 0.421. The van der Waals surface area contributed by atoms with E-state index in [0.717, 1.165) is 42.3 Å². The maximum Gasteiger partial charge on any atom is 0.407 e. The van der Waals surface area contributed by atoms with E-state index in [0.29, 0.717) is 31.0 Å². The van der Waals surface area contributed by atoms with Crippen LogP contribution in [0.25, 0.3) is 10.9 Å². The summed E-state index contributed by atoms with van der Waals surface area (Å²) in [7, 11) is 0. The Bertz CT molecular complexity index is 1080. The Morgan fingerprint density at radius 1 is 1.22 bits per heavy atom. The zero-order chi connectivity index (χ0) is 22.2. The highest BCUT2D eigenvalue weighted by Crippen LogP contribution is 2.30. The van der Waals surface area contributed by atoms with E-state index in [9.17, 15) is 4.79 Å². The van der Waals surface area contributed by atoms with E-state index in [1.165, 1.54) is 0 Å². The van der Waals surface area contributed by atoms with Crippen molar-refractivity contribution in [1.82, 2.24) is 15.1 Å². The van der Waals surface area contributed by atoms with Gasteiger partial charge in [0, 0.05) is 25.0 Å². The largest absolute Gasteiger partial charge is 0.493 e. The molecule has 0 spiro atoms. The van der Waals surface area contributed by atoms with Gasteiger partial charge in [0.05, 0.1) is 18.7 Å². The number of hydrogen-bond acceptors (Lipinski definition) is 5. The van der Waals surface area contributed by atoms with Gasteiger partial charge in [0.15, 0.2) is 6.23 Å². The summed E-state index contributed by atoms with van der Waals surface area (Å²) in [5.41, 5.74) is 2.54. The van der Waals surface area contributed by atoms with Gasteiger partial charge < -0.3 is 19.5 Å². The van der Waals surface area contributed by atoms with Crippen molar-refractivity contribution in [3.8, 4) is 18.1 Å². The molecule has 0 aliphatic carbocycles. The summed E-state index contributed by atoms with van der Waals surface area (Å²) in [6.45, 7) is 1.87. The van der Waals surface area contributed by atoms with Crippen molar-refractivity contribution in [1.29, 1.82) is 0 Å². The lowest BCUT2D eigenvalue weighted by Crippen LogP contribution is -2.24. The number of nitrogens with one attached hydrogen (secondary N) is 1. The monoisotopic (exact) mass is 433 g/mol. The summed E-state index contributed by atoms with van der Waals surface area (Å²) < 4.78 is 18.8. The van der Waals surface area contributed by atoms with Crippen molar-refractivity contribution < 1.29 is 19.0 Å². The van der Waals surface area contributed by atoms with Crippen LogP contribution in [0.3, 0.4) is 0 Å². The Hall–Kier alpha value is -3.50. The summed E-state index contributed by atoms with van der Waals surface area (Å²) in [6.07, 6.45) is 8.86. The molecule has 7 nitrogen and oxygen atoms in total. The molecule has 2 aromatic carbocycles. The Morgan fingerprint density at radius 2 is 2.09 bits per heavy atom. The number of rotatable bonds is 8. The van der Waals surface area contributed by atoms with Crippen LogP contribution in [0.15, 0.2) is 48.5 Å². The number of carbonyl (C=O) groups is 1. The van der Waals surface area contributed by atoms with E-state index >= 15 is 0 Å². The molecule has 1 aliphatic rings. The number of amides is 1. The first-order valence-corrected chi connectivity index (χ1v) is 10.9. The molecule has 1 aliphatic heterocycles. The number of benzene rings is 2. The van der Waals surface area contributed by atoms with Gasteiger partial charge in [0.25, 0.3) is 0 Å². The fourth-order valence-corrected chi connectivity index (χ4v) is 3.69. The summed E-state index contributed by atoms with van der Waals surface area (Å²) in [6, 6.07) is 15.5. The van der Waals surface area contributed by atoms with Gasteiger partial charge in [-0.3, -0.25) is 0 Å². The minimum Gasteiger partial charge on any atom is -0.493 e. The molecule has 4 rings (SSSR count). The number of terminal acetylenes is 1. The highest BCUT2D eigenvalue weighted by molar-refractivity contribution is 5.86. The van der Waals surface area contributed by atoms with Crippen LogP contribution in [0.1, 0.15) is 43.2 Å². The number of aromatic nitrogens is 2. The van der Waals surface area contributed by atoms with Crippen molar-refractivity contribution in [2.45, 2.75) is 38.5 Å². The van der Waals surface area contributed by atoms with Crippen LogP contribution in [0, 0.1) is 12.3 Å². The molecule has 1 N–H and O–H groups in total. The van der Waals surface area contributed by atoms with Gasteiger partial charge in [0.2, 0.25) is 0 Å². The molecule has 1 aromatic heterocycles. The van der Waals surface area contributed by atoms with Crippen molar-refractivity contribution in [3.63, 3.8) is 0 Å². The number of alkyl carbamates (subject to hydrolysis) is 1. The van der Waals surface area contributed by atoms with Gasteiger partial charge >= 0.3 is 6.09 Å². The number of carbonyl (C=O) groups excluding carboxylic acids is 1. The van der Waals surface area contributed by atoms with Crippen LogP contribution < -0.4 is 10.1 Å². The molecule has 1 fully saturated rings. The molecule has 0 radical (unpaired) electrons. The SMILES string of the molecule is C#Cc1nn(C2CCCCO2)c2ccc(OCCCOC(=O)NCc3ccccc3)cc12. The second-order valence-corrected chi connectivity index (χ2v) is 7.61. The lowest BCUT2D eigenvalue weighted by atomic mass is 10.1. The van der Waals surface area contributed by atoms with Crippen LogP contribution in [0.2, 0.25) is 0 Å². The molecule has 1 saturated heterocycles. The third-order valence-electron chi connectivity index (χ3n) is 5.31. The predicted molar refractivity (Wildman–Crippen MR) is 121 cm³/mol. The minimum absolute atomic E-state index is 0.0784. The molecule has 1 atom stereocenters. The standard InChI is InChI=1S/C25H27N3O4/c1-2-22-21-17-20(12-13-23(21)28(27-22)24-11-6-7-14-31-24)30-15-8-16-32-25(29)26-18-19-9-4-3-5-10-19/h1,3-5,9-10,12-13,17,24H,6-8,11,14-16,18H2,(H,26,29). The molecule has 7 heteroatoms. The summed E-state index contributed by atoms with van der Waals surface area (Å²) >= 11 is 0. The Labute approximate surface area is 187 Å². The Morgan fingerprint density at radius 3 is 2.88 bits per heavy atom. The van der Waals surface area contributed by atoms with Gasteiger partial charge in [0.1, 0.15) is 11.4 Å². The highest BCUT2D eigenvalue weighted by atomic mass is 16.5. The lowest BCUT2D eigenvalue weighted by molar-refractivity contribution is -0.0367. The number of fused-ring (bicyclic) bond motifs is 1. The maximum atomic E-state index is 11.8. The summed E-state index contributed by atoms with van der Waals surface area (Å²) in [5.74, 6) is 3.36. The first-order valence-electron chi connectivity index (χ1n) is 10.9. The minimum atomic E-state index is -0.439. The van der Waals surface area contributed by atoms with Crippen LogP contribution in [0.4, 0.5) is 4.79 Å². The molecule has 0 saturated carbocycles. The average molecular weight is 434 g/mol. The van der Waals surface area contributed by atoms with Crippen molar-refractivity contribution in [2.24, 2.45) is 0 Å². The smallest absolute Gasteiger partial charge is 0.407 e. The molecule has 1 unspecified atom stereocenters. The second-order valence-electron chi connectivity index (χ2n) is 7.61. The van der Waals surface area contributed by atoms with E-state index in [-0.39, 0.29) is 12.8 Å². The third kappa shape index (κ3) is 5.40. The molecule has 166 valence electrons. The third-order valence-corrected chi connectivity index (χ3v) is 5.31. The fourth-order valence-electron chi connectivity index (χ4n) is 3.69. The van der Waals surface area contributed by atoms with Gasteiger partial charge in [-0.2, -0.15) is 5.10 Å². The van der Waals surface area contributed by atoms with Crippen LogP contribution in [-0.4, -0.2) is 35.7 Å². The maximum absolute atomic E-state index is 11.8. The predicted octanol–water partition coefficient (Wildman–Crippen LogP) is 4.41. The molecular weight excluding hydrogens is 406 g/mol. The van der Waals surface area contributed by atoms with Crippen molar-refractivity contribution >= 4 is 17.0 Å². The highest BCUT2D eigenvalue weighted by Gasteiger charge is 2.20. The topological polar surface area (TPSA) is 74.6 Å². The van der Waals surface area contributed by atoms with E-state index in [1.807, 2.05) is 53.2 Å². The number of hydrogen-bond donors (Lipinski definition) is 1. The first-order chi connectivity index (χ1) is 15.7. The zero-order valence-electron chi connectivity index (χ0n) is 18.0. The normalized spacial score (nSPS) is 15.8. The molecule has 2 heterocycles. The van der Waals surface area contributed by atoms with Crippen LogP contribution >= 0.6 is 0 Å². The zero-order valence-corrected chi connectivity index (χ0v) is 18.0. The lowest BCUT2D eigenvalue weighted by Gasteiger charge is -2.23. The van der Waals surface area contributed by atoms with Crippen molar-refractivity contribution in [3.05, 3.63) is 59.8 Å². The van der Waals surface area contributed by atoms with E-state index < -0.39 is 6.09 Å². The number of nitrogens with zero attached hydrogens (tertiary/aromatic N) is 2. The molecular formula is C25H27N3O4. The Kier molecular flexibility index (Phi) is 7.26. The molecule has 1 amide bonds. The van der Waals surface area contributed by atoms with Crippen molar-refractivity contribution in [2.75, 3.05) is 19.8 Å². The number of ether oxygens (including phenoxy) is 3. The van der Waals surface area contributed by atoms with Gasteiger partial charge in [-0.1, -0.05) is 30.3 Å². The Balaban J connectivity index is 1.25. The first kappa shape index (κ1) is 21.7. The van der Waals surface area contributed by atoms with Gasteiger partial charge in [-0.25, -0.2) is 9.48 Å². The van der Waals surface area contributed by atoms with E-state index in [2.05, 4.69) is 16.3 Å². The van der Waals surface area contributed by atoms with Crippen LogP contribution in [0.5, 0.6) is 5.75 Å². The second kappa shape index (κ2) is 10.7. The van der Waals surface area contributed by atoms with Gasteiger partial charge in [-0.15, -0.1) is 6.42 Å². The van der Waals surface area contributed by atoms with E-state index in [4.69, 9.17) is 20.6 Å². The summed E-state index contributed by atoms with van der Waals surface area (Å²) in [4.78, 5) is 11.8. The van der Waals surface area contributed by atoms with E-state index in [1.54, 1.807) is 0 Å². The molecule has 3 aromatic rings. The molecule has 0 bridgehead atoms. The fraction of sp³-hybridized carbons (Fsp3) is 0.360. The van der Waals surface area contributed by atoms with Crippen LogP contribution in [-0.2, 0) is 16.0 Å². The molecule has 32 heavy (non-hydrogen) atoms.